The Kier molecular flexibility index (Phi) is 64.5. The normalized spacial score (nSPS) is 10.2. The first kappa shape index (κ1) is 47.6. The van der Waals surface area contributed by atoms with Gasteiger partial charge in [-0.15, -0.1) is 0 Å². The van der Waals surface area contributed by atoms with Gasteiger partial charge in [0.05, 0.1) is 13.2 Å². The Morgan fingerprint density at radius 1 is 0.122 bits per heavy atom. The lowest BCUT2D eigenvalue weighted by Crippen LogP contribution is -1.85. The van der Waals surface area contributed by atoms with Gasteiger partial charge in [0.25, 0.3) is 0 Å². The third kappa shape index (κ3) is 68.5. The van der Waals surface area contributed by atoms with Crippen molar-refractivity contribution in [2.75, 3.05) is 52.9 Å². The minimum absolute atomic E-state index is 0.125. The lowest BCUT2D eigenvalue weighted by atomic mass is 10.1. The van der Waals surface area contributed by atoms with E-state index in [-0.39, 0.29) is 13.2 Å². The summed E-state index contributed by atoms with van der Waals surface area (Å²) in [7, 11) is 0. The van der Waals surface area contributed by atoms with E-state index in [4.69, 9.17) is 40.9 Å². The Balaban J connectivity index is -0.000000236. The number of aliphatic hydroxyl groups is 8. The number of aliphatic hydroxyl groups excluding tert-OH is 8. The van der Waals surface area contributed by atoms with Gasteiger partial charge in [0, 0.05) is 39.6 Å². The van der Waals surface area contributed by atoms with Crippen LogP contribution >= 0.6 is 0 Å². The second-order valence-electron chi connectivity index (χ2n) is 10.6. The van der Waals surface area contributed by atoms with Gasteiger partial charge in [0.1, 0.15) is 0 Å². The van der Waals surface area contributed by atoms with E-state index >= 15 is 0 Å². The summed E-state index contributed by atoms with van der Waals surface area (Å²) in [5.41, 5.74) is 0. The maximum absolute atomic E-state index is 8.57. The predicted molar refractivity (Wildman–Crippen MR) is 172 cm³/mol. The van der Waals surface area contributed by atoms with Crippen LogP contribution in [0.2, 0.25) is 0 Å². The average Bonchev–Trinajstić information content (AvgIpc) is 3.00. The summed E-state index contributed by atoms with van der Waals surface area (Å²) >= 11 is 0. The third-order valence-corrected chi connectivity index (χ3v) is 6.55. The zero-order valence-corrected chi connectivity index (χ0v) is 26.9. The molecule has 8 heteroatoms. The van der Waals surface area contributed by atoms with Crippen LogP contribution in [0.15, 0.2) is 0 Å². The van der Waals surface area contributed by atoms with Crippen LogP contribution in [0.5, 0.6) is 0 Å². The van der Waals surface area contributed by atoms with Crippen molar-refractivity contribution in [3.8, 4) is 0 Å². The molecule has 0 radical (unpaired) electrons. The molecule has 8 nitrogen and oxygen atoms in total. The first-order chi connectivity index (χ1) is 20.2. The molecule has 8 N–H and O–H groups in total. The first-order valence-electron chi connectivity index (χ1n) is 17.0. The van der Waals surface area contributed by atoms with Gasteiger partial charge in [-0.1, -0.05) is 122 Å². The molecule has 0 saturated carbocycles. The van der Waals surface area contributed by atoms with Crippen LogP contribution in [0.25, 0.3) is 0 Å². The molecular formula is C33H74O8. The van der Waals surface area contributed by atoms with Crippen molar-refractivity contribution in [2.24, 2.45) is 0 Å². The Morgan fingerprint density at radius 3 is 0.293 bits per heavy atom. The van der Waals surface area contributed by atoms with E-state index in [2.05, 4.69) is 0 Å². The maximum atomic E-state index is 8.57. The summed E-state index contributed by atoms with van der Waals surface area (Å²) in [4.78, 5) is 0. The standard InChI is InChI=1S/C12H26O2.C10H22O2.C9H20O2.C2H6O2/c13-11-9-7-5-3-1-2-4-6-8-10-12-14;11-9-7-5-3-1-2-4-6-8-10-12;10-8-6-4-2-1-3-5-7-9-11;3-1-2-4/h13-14H,1-12H2;11-12H,1-10H2;10-11H,1-9H2;3-4H,1-2H2. The van der Waals surface area contributed by atoms with Crippen LogP contribution in [0.3, 0.4) is 0 Å². The summed E-state index contributed by atoms with van der Waals surface area (Å²) < 4.78 is 0. The van der Waals surface area contributed by atoms with Crippen molar-refractivity contribution in [1.29, 1.82) is 0 Å². The second kappa shape index (κ2) is 55.6. The highest BCUT2D eigenvalue weighted by molar-refractivity contribution is 4.48. The van der Waals surface area contributed by atoms with Crippen LogP contribution in [0.4, 0.5) is 0 Å². The van der Waals surface area contributed by atoms with Crippen molar-refractivity contribution in [1.82, 2.24) is 0 Å². The minimum Gasteiger partial charge on any atom is -0.396 e. The fourth-order valence-corrected chi connectivity index (χ4v) is 4.03. The average molecular weight is 599 g/mol. The molecular weight excluding hydrogens is 524 g/mol. The summed E-state index contributed by atoms with van der Waals surface area (Å²) in [6.45, 7) is 1.78. The maximum Gasteiger partial charge on any atom is 0.0662 e. The highest BCUT2D eigenvalue weighted by Gasteiger charge is 1.93. The monoisotopic (exact) mass is 599 g/mol. The van der Waals surface area contributed by atoms with Crippen LogP contribution in [-0.4, -0.2) is 93.7 Å². The molecule has 0 unspecified atom stereocenters. The lowest BCUT2D eigenvalue weighted by molar-refractivity contribution is 0.186. The molecule has 0 amide bonds. The molecule has 0 aliphatic heterocycles. The fraction of sp³-hybridized carbons (Fsp3) is 1.00. The van der Waals surface area contributed by atoms with Gasteiger partial charge in [-0.05, 0) is 38.5 Å². The molecule has 0 bridgehead atoms. The summed E-state index contributed by atoms with van der Waals surface area (Å²) in [5.74, 6) is 0. The molecule has 0 saturated heterocycles. The van der Waals surface area contributed by atoms with Gasteiger partial charge in [0.15, 0.2) is 0 Å². The molecule has 0 aromatic heterocycles. The summed E-state index contributed by atoms with van der Waals surface area (Å²) in [5, 5.41) is 66.4. The van der Waals surface area contributed by atoms with Crippen molar-refractivity contribution in [3.63, 3.8) is 0 Å². The number of rotatable bonds is 29. The fourth-order valence-electron chi connectivity index (χ4n) is 4.03. The molecule has 0 aromatic carbocycles. The largest absolute Gasteiger partial charge is 0.396 e. The van der Waals surface area contributed by atoms with Gasteiger partial charge in [-0.25, -0.2) is 0 Å². The summed E-state index contributed by atoms with van der Waals surface area (Å²) in [6, 6.07) is 0. The van der Waals surface area contributed by atoms with Crippen molar-refractivity contribution in [2.45, 2.75) is 161 Å². The van der Waals surface area contributed by atoms with Gasteiger partial charge in [0.2, 0.25) is 0 Å². The minimum atomic E-state index is -0.125. The van der Waals surface area contributed by atoms with Crippen molar-refractivity contribution >= 4 is 0 Å². The zero-order chi connectivity index (χ0) is 31.3. The highest BCUT2D eigenvalue weighted by atomic mass is 16.3. The second-order valence-corrected chi connectivity index (χ2v) is 10.6. The summed E-state index contributed by atoms with van der Waals surface area (Å²) in [6.07, 6.45) is 29.4. The van der Waals surface area contributed by atoms with Gasteiger partial charge in [-0.2, -0.15) is 0 Å². The molecule has 0 fully saturated rings. The van der Waals surface area contributed by atoms with E-state index in [0.29, 0.717) is 39.6 Å². The lowest BCUT2D eigenvalue weighted by Gasteiger charge is -2.01. The van der Waals surface area contributed by atoms with E-state index in [1.165, 1.54) is 96.3 Å². The van der Waals surface area contributed by atoms with E-state index in [9.17, 15) is 0 Å². The number of hydrogen-bond acceptors (Lipinski definition) is 8. The van der Waals surface area contributed by atoms with Crippen LogP contribution in [0.1, 0.15) is 161 Å². The SMILES string of the molecule is OCCCCCCCCCCCCO.OCCCCCCCCCCO.OCCCCCCCCCO.OCCO. The van der Waals surface area contributed by atoms with Gasteiger partial charge < -0.3 is 40.9 Å². The molecule has 0 aliphatic rings. The topological polar surface area (TPSA) is 162 Å². The molecule has 41 heavy (non-hydrogen) atoms. The van der Waals surface area contributed by atoms with E-state index < -0.39 is 0 Å². The molecule has 0 aromatic rings. The molecule has 0 spiro atoms. The molecule has 0 aliphatic carbocycles. The Bertz CT molecular complexity index is 330. The zero-order valence-electron chi connectivity index (χ0n) is 26.9. The Hall–Kier alpha value is -0.320. The molecule has 0 rings (SSSR count). The number of unbranched alkanes of at least 4 members (excludes halogenated alkanes) is 22. The molecule has 254 valence electrons. The smallest absolute Gasteiger partial charge is 0.0662 e. The van der Waals surface area contributed by atoms with Crippen molar-refractivity contribution in [3.05, 3.63) is 0 Å². The molecule has 0 atom stereocenters. The molecule has 0 heterocycles. The van der Waals surface area contributed by atoms with E-state index in [1.54, 1.807) is 0 Å². The van der Waals surface area contributed by atoms with Gasteiger partial charge >= 0.3 is 0 Å². The quantitative estimate of drug-likeness (QED) is 0.0513. The van der Waals surface area contributed by atoms with Crippen LogP contribution < -0.4 is 0 Å². The van der Waals surface area contributed by atoms with Crippen LogP contribution in [0, 0.1) is 0 Å². The Morgan fingerprint density at radius 2 is 0.220 bits per heavy atom. The highest BCUT2D eigenvalue weighted by Crippen LogP contribution is 2.10. The van der Waals surface area contributed by atoms with Crippen LogP contribution in [-0.2, 0) is 0 Å². The van der Waals surface area contributed by atoms with E-state index in [0.717, 1.165) is 64.2 Å². The van der Waals surface area contributed by atoms with Gasteiger partial charge in [-0.3, -0.25) is 0 Å². The predicted octanol–water partition coefficient (Wildman–Crippen LogP) is 5.64. The number of hydrogen-bond donors (Lipinski definition) is 8. The van der Waals surface area contributed by atoms with E-state index in [1.807, 2.05) is 0 Å². The van der Waals surface area contributed by atoms with Crippen molar-refractivity contribution < 1.29 is 40.9 Å². The third-order valence-electron chi connectivity index (χ3n) is 6.55. The Labute approximate surface area is 254 Å². The first-order valence-corrected chi connectivity index (χ1v) is 17.0.